The summed E-state index contributed by atoms with van der Waals surface area (Å²) in [6.07, 6.45) is 1.72. The Morgan fingerprint density at radius 1 is 1.11 bits per heavy atom. The molecule has 0 aliphatic heterocycles. The van der Waals surface area contributed by atoms with Gasteiger partial charge in [-0.25, -0.2) is 0 Å². The van der Waals surface area contributed by atoms with Gasteiger partial charge in [-0.3, -0.25) is 9.78 Å². The zero-order chi connectivity index (χ0) is 13.8. The molecule has 19 heavy (non-hydrogen) atoms. The van der Waals surface area contributed by atoms with Crippen molar-refractivity contribution < 1.29 is 4.79 Å². The van der Waals surface area contributed by atoms with E-state index >= 15 is 0 Å². The van der Waals surface area contributed by atoms with Crippen molar-refractivity contribution >= 4 is 5.91 Å². The number of amides is 1. The van der Waals surface area contributed by atoms with Gasteiger partial charge < -0.3 is 5.32 Å². The van der Waals surface area contributed by atoms with Crippen LogP contribution in [0.1, 0.15) is 32.7 Å². The first kappa shape index (κ1) is 13.3. The predicted molar refractivity (Wildman–Crippen MR) is 76.1 cm³/mol. The quantitative estimate of drug-likeness (QED) is 0.915. The fourth-order valence-corrected chi connectivity index (χ4v) is 1.97. The van der Waals surface area contributed by atoms with Gasteiger partial charge in [0.25, 0.3) is 5.91 Å². The molecule has 98 valence electrons. The maximum absolute atomic E-state index is 12.2. The van der Waals surface area contributed by atoms with Crippen LogP contribution in [0.5, 0.6) is 0 Å². The Bertz CT molecular complexity index is 591. The number of nitrogens with zero attached hydrogens (tertiary/aromatic N) is 1. The van der Waals surface area contributed by atoms with Crippen LogP contribution in [-0.4, -0.2) is 10.9 Å². The minimum atomic E-state index is -0.0498. The Morgan fingerprint density at radius 2 is 1.84 bits per heavy atom. The molecule has 0 radical (unpaired) electrons. The van der Waals surface area contributed by atoms with E-state index in [1.54, 1.807) is 6.20 Å². The van der Waals surface area contributed by atoms with E-state index in [0.717, 1.165) is 22.4 Å². The summed E-state index contributed by atoms with van der Waals surface area (Å²) in [7, 11) is 0. The summed E-state index contributed by atoms with van der Waals surface area (Å²) in [4.78, 5) is 16.3. The Balaban J connectivity index is 2.10. The maximum atomic E-state index is 12.2. The van der Waals surface area contributed by atoms with Gasteiger partial charge in [0.15, 0.2) is 0 Å². The number of benzene rings is 1. The Labute approximate surface area is 113 Å². The number of nitrogens with one attached hydrogen (secondary N) is 1. The molecule has 0 aliphatic carbocycles. The van der Waals surface area contributed by atoms with E-state index in [1.807, 2.05) is 44.2 Å². The summed E-state index contributed by atoms with van der Waals surface area (Å²) in [5.41, 5.74) is 4.94. The number of aromatic nitrogens is 1. The summed E-state index contributed by atoms with van der Waals surface area (Å²) in [6, 6.07) is 9.66. The lowest BCUT2D eigenvalue weighted by atomic mass is 10.0. The molecule has 1 aromatic carbocycles. The lowest BCUT2D eigenvalue weighted by Crippen LogP contribution is -2.24. The first-order valence-corrected chi connectivity index (χ1v) is 6.34. The second kappa shape index (κ2) is 5.65. The highest BCUT2D eigenvalue weighted by atomic mass is 16.1. The average molecular weight is 254 g/mol. The van der Waals surface area contributed by atoms with Gasteiger partial charge in [-0.1, -0.05) is 12.1 Å². The molecule has 0 saturated carbocycles. The molecule has 1 amide bonds. The lowest BCUT2D eigenvalue weighted by molar-refractivity contribution is 0.0949. The highest BCUT2D eigenvalue weighted by Gasteiger charge is 2.10. The summed E-state index contributed by atoms with van der Waals surface area (Å²) in [5, 5.41) is 2.90. The molecule has 0 unspecified atom stereocenters. The second-order valence-electron chi connectivity index (χ2n) is 4.76. The minimum Gasteiger partial charge on any atom is -0.346 e. The first-order valence-electron chi connectivity index (χ1n) is 6.34. The van der Waals surface area contributed by atoms with Gasteiger partial charge in [-0.2, -0.15) is 0 Å². The summed E-state index contributed by atoms with van der Waals surface area (Å²) in [5.74, 6) is -0.0498. The van der Waals surface area contributed by atoms with E-state index in [-0.39, 0.29) is 5.91 Å². The highest BCUT2D eigenvalue weighted by Crippen LogP contribution is 2.15. The molecule has 1 aromatic heterocycles. The number of hydrogen-bond donors (Lipinski definition) is 1. The van der Waals surface area contributed by atoms with E-state index in [9.17, 15) is 4.79 Å². The van der Waals surface area contributed by atoms with Gasteiger partial charge in [-0.05, 0) is 55.7 Å². The van der Waals surface area contributed by atoms with Gasteiger partial charge in [-0.15, -0.1) is 0 Å². The molecular weight excluding hydrogens is 236 g/mol. The monoisotopic (exact) mass is 254 g/mol. The van der Waals surface area contributed by atoms with Crippen LogP contribution in [0.2, 0.25) is 0 Å². The second-order valence-corrected chi connectivity index (χ2v) is 4.76. The van der Waals surface area contributed by atoms with Crippen molar-refractivity contribution in [2.75, 3.05) is 0 Å². The molecule has 0 aliphatic rings. The van der Waals surface area contributed by atoms with Crippen LogP contribution in [-0.2, 0) is 6.54 Å². The van der Waals surface area contributed by atoms with Crippen LogP contribution < -0.4 is 5.32 Å². The lowest BCUT2D eigenvalue weighted by Gasteiger charge is -2.10. The molecule has 3 heteroatoms. The van der Waals surface area contributed by atoms with E-state index in [2.05, 4.69) is 17.2 Å². The number of aryl methyl sites for hydroxylation is 3. The van der Waals surface area contributed by atoms with Crippen molar-refractivity contribution in [3.8, 4) is 0 Å². The standard InChI is InChI=1S/C16H18N2O/c1-11-8-13(3)15(9-12(11)2)16(19)18-10-14-6-4-5-7-17-14/h4-9H,10H2,1-3H3,(H,18,19). The third-order valence-electron chi connectivity index (χ3n) is 3.24. The van der Waals surface area contributed by atoms with E-state index in [1.165, 1.54) is 5.56 Å². The number of carbonyl (C=O) groups excluding carboxylic acids is 1. The molecule has 0 bridgehead atoms. The Hall–Kier alpha value is -2.16. The highest BCUT2D eigenvalue weighted by molar-refractivity contribution is 5.95. The van der Waals surface area contributed by atoms with Crippen LogP contribution in [0, 0.1) is 20.8 Å². The molecule has 3 nitrogen and oxygen atoms in total. The molecule has 2 rings (SSSR count). The van der Waals surface area contributed by atoms with E-state index in [4.69, 9.17) is 0 Å². The molecule has 0 atom stereocenters. The fraction of sp³-hybridized carbons (Fsp3) is 0.250. The van der Waals surface area contributed by atoms with Crippen LogP contribution in [0.4, 0.5) is 0 Å². The predicted octanol–water partition coefficient (Wildman–Crippen LogP) is 2.94. The van der Waals surface area contributed by atoms with Crippen LogP contribution in [0.3, 0.4) is 0 Å². The number of carbonyl (C=O) groups is 1. The van der Waals surface area contributed by atoms with Gasteiger partial charge in [0.2, 0.25) is 0 Å². The number of rotatable bonds is 3. The maximum Gasteiger partial charge on any atom is 0.251 e. The van der Waals surface area contributed by atoms with Gasteiger partial charge in [0.05, 0.1) is 12.2 Å². The average Bonchev–Trinajstić information content (AvgIpc) is 2.41. The fourth-order valence-electron chi connectivity index (χ4n) is 1.97. The van der Waals surface area contributed by atoms with E-state index in [0.29, 0.717) is 6.54 Å². The largest absolute Gasteiger partial charge is 0.346 e. The van der Waals surface area contributed by atoms with Crippen molar-refractivity contribution in [2.24, 2.45) is 0 Å². The molecule has 1 N–H and O–H groups in total. The molecule has 0 saturated heterocycles. The van der Waals surface area contributed by atoms with E-state index < -0.39 is 0 Å². The van der Waals surface area contributed by atoms with Crippen molar-refractivity contribution in [2.45, 2.75) is 27.3 Å². The topological polar surface area (TPSA) is 42.0 Å². The Morgan fingerprint density at radius 3 is 2.53 bits per heavy atom. The first-order chi connectivity index (χ1) is 9.08. The minimum absolute atomic E-state index is 0.0498. The zero-order valence-electron chi connectivity index (χ0n) is 11.5. The zero-order valence-corrected chi connectivity index (χ0v) is 11.5. The molecular formula is C16H18N2O. The normalized spacial score (nSPS) is 10.3. The molecule has 0 spiro atoms. The third kappa shape index (κ3) is 3.19. The van der Waals surface area contributed by atoms with Crippen molar-refractivity contribution in [1.82, 2.24) is 10.3 Å². The van der Waals surface area contributed by atoms with Crippen LogP contribution >= 0.6 is 0 Å². The Kier molecular flexibility index (Phi) is 3.95. The summed E-state index contributed by atoms with van der Waals surface area (Å²) >= 11 is 0. The molecule has 0 fully saturated rings. The third-order valence-corrected chi connectivity index (χ3v) is 3.24. The van der Waals surface area contributed by atoms with Gasteiger partial charge in [0, 0.05) is 11.8 Å². The molecule has 1 heterocycles. The van der Waals surface area contributed by atoms with Crippen LogP contribution in [0.25, 0.3) is 0 Å². The number of pyridine rings is 1. The van der Waals surface area contributed by atoms with Gasteiger partial charge in [0.1, 0.15) is 0 Å². The summed E-state index contributed by atoms with van der Waals surface area (Å²) < 4.78 is 0. The van der Waals surface area contributed by atoms with Crippen LogP contribution in [0.15, 0.2) is 36.5 Å². The van der Waals surface area contributed by atoms with Crippen molar-refractivity contribution in [1.29, 1.82) is 0 Å². The molecule has 2 aromatic rings. The van der Waals surface area contributed by atoms with Crippen molar-refractivity contribution in [3.05, 3.63) is 64.5 Å². The smallest absolute Gasteiger partial charge is 0.251 e. The summed E-state index contributed by atoms with van der Waals surface area (Å²) in [6.45, 7) is 6.48. The SMILES string of the molecule is Cc1cc(C)c(C(=O)NCc2ccccn2)cc1C. The number of hydrogen-bond acceptors (Lipinski definition) is 2. The van der Waals surface area contributed by atoms with Crippen molar-refractivity contribution in [3.63, 3.8) is 0 Å². The van der Waals surface area contributed by atoms with Gasteiger partial charge >= 0.3 is 0 Å².